The van der Waals surface area contributed by atoms with Gasteiger partial charge in [0.05, 0.1) is 6.04 Å². The van der Waals surface area contributed by atoms with Crippen LogP contribution < -0.4 is 0 Å². The van der Waals surface area contributed by atoms with E-state index in [1.54, 1.807) is 4.90 Å². The topological polar surface area (TPSA) is 20.3 Å². The van der Waals surface area contributed by atoms with Crippen molar-refractivity contribution in [2.75, 3.05) is 7.05 Å². The van der Waals surface area contributed by atoms with Crippen LogP contribution in [0.1, 0.15) is 34.5 Å². The summed E-state index contributed by atoms with van der Waals surface area (Å²) in [7, 11) is 1.81. The van der Waals surface area contributed by atoms with E-state index in [0.29, 0.717) is 10.6 Å². The molecule has 0 saturated heterocycles. The Morgan fingerprint density at radius 3 is 2.57 bits per heavy atom. The summed E-state index contributed by atoms with van der Waals surface area (Å²) < 4.78 is 0.912. The van der Waals surface area contributed by atoms with Crippen molar-refractivity contribution in [3.63, 3.8) is 0 Å². The Bertz CT molecular complexity index is 651. The molecule has 110 valence electrons. The largest absolute Gasteiger partial charge is 0.335 e. The van der Waals surface area contributed by atoms with Gasteiger partial charge in [0, 0.05) is 22.1 Å². The summed E-state index contributed by atoms with van der Waals surface area (Å²) in [6.45, 7) is 3.97. The molecular weight excluding hydrogens is 350 g/mol. The van der Waals surface area contributed by atoms with E-state index in [4.69, 9.17) is 11.6 Å². The van der Waals surface area contributed by atoms with Gasteiger partial charge in [0.2, 0.25) is 0 Å². The van der Waals surface area contributed by atoms with Gasteiger partial charge in [-0.2, -0.15) is 0 Å². The maximum absolute atomic E-state index is 12.6. The summed E-state index contributed by atoms with van der Waals surface area (Å²) >= 11 is 9.46. The number of rotatable bonds is 3. The molecule has 2 rings (SSSR count). The molecule has 1 atom stereocenters. The summed E-state index contributed by atoms with van der Waals surface area (Å²) in [6, 6.07) is 13.3. The lowest BCUT2D eigenvalue weighted by molar-refractivity contribution is 0.0742. The van der Waals surface area contributed by atoms with Crippen molar-refractivity contribution in [1.82, 2.24) is 4.90 Å². The fourth-order valence-electron chi connectivity index (χ4n) is 2.23. The van der Waals surface area contributed by atoms with Crippen molar-refractivity contribution >= 4 is 33.4 Å². The maximum Gasteiger partial charge on any atom is 0.254 e. The Kier molecular flexibility index (Phi) is 5.07. The Morgan fingerprint density at radius 1 is 1.24 bits per heavy atom. The molecule has 0 N–H and O–H groups in total. The van der Waals surface area contributed by atoms with Crippen LogP contribution in [0.2, 0.25) is 5.02 Å². The number of nitrogens with zero attached hydrogens (tertiary/aromatic N) is 1. The number of amides is 1. The van der Waals surface area contributed by atoms with Crippen LogP contribution >= 0.6 is 27.5 Å². The van der Waals surface area contributed by atoms with Crippen LogP contribution in [0.25, 0.3) is 0 Å². The van der Waals surface area contributed by atoms with Gasteiger partial charge in [-0.3, -0.25) is 4.79 Å². The molecule has 2 aromatic rings. The second-order valence-corrected chi connectivity index (χ2v) is 6.52. The van der Waals surface area contributed by atoms with Crippen LogP contribution in [0.5, 0.6) is 0 Å². The molecule has 21 heavy (non-hydrogen) atoms. The number of carbonyl (C=O) groups excluding carboxylic acids is 1. The highest BCUT2D eigenvalue weighted by Crippen LogP contribution is 2.24. The van der Waals surface area contributed by atoms with E-state index in [-0.39, 0.29) is 11.9 Å². The average molecular weight is 367 g/mol. The Labute approximate surface area is 138 Å². The smallest absolute Gasteiger partial charge is 0.254 e. The number of carbonyl (C=O) groups is 1. The Morgan fingerprint density at radius 2 is 1.95 bits per heavy atom. The van der Waals surface area contributed by atoms with Gasteiger partial charge in [-0.15, -0.1) is 0 Å². The third-order valence-electron chi connectivity index (χ3n) is 3.52. The lowest BCUT2D eigenvalue weighted by Gasteiger charge is -2.26. The zero-order valence-electron chi connectivity index (χ0n) is 12.2. The predicted molar refractivity (Wildman–Crippen MR) is 90.8 cm³/mol. The number of hydrogen-bond donors (Lipinski definition) is 0. The van der Waals surface area contributed by atoms with Gasteiger partial charge >= 0.3 is 0 Å². The first-order chi connectivity index (χ1) is 9.88. The minimum Gasteiger partial charge on any atom is -0.335 e. The molecule has 0 aliphatic heterocycles. The Hall–Kier alpha value is -1.32. The van der Waals surface area contributed by atoms with E-state index >= 15 is 0 Å². The van der Waals surface area contributed by atoms with E-state index in [0.717, 1.165) is 15.6 Å². The highest BCUT2D eigenvalue weighted by Gasteiger charge is 2.19. The van der Waals surface area contributed by atoms with Crippen molar-refractivity contribution in [3.8, 4) is 0 Å². The minimum atomic E-state index is -0.0458. The fourth-order valence-corrected chi connectivity index (χ4v) is 3.04. The zero-order chi connectivity index (χ0) is 15.6. The second kappa shape index (κ2) is 6.63. The first kappa shape index (κ1) is 16.1. The third-order valence-corrected chi connectivity index (χ3v) is 4.21. The molecule has 2 aromatic carbocycles. The van der Waals surface area contributed by atoms with Gasteiger partial charge in [0.1, 0.15) is 0 Å². The van der Waals surface area contributed by atoms with Crippen LogP contribution in [-0.4, -0.2) is 17.9 Å². The standard InChI is InChI=1S/C17H17BrClNO/c1-11-7-14(9-15(18)8-11)17(21)20(3)12(2)13-5-4-6-16(19)10-13/h4-10,12H,1-3H3. The quantitative estimate of drug-likeness (QED) is 0.727. The SMILES string of the molecule is Cc1cc(Br)cc(C(=O)N(C)C(C)c2cccc(Cl)c2)c1. The molecule has 0 bridgehead atoms. The monoisotopic (exact) mass is 365 g/mol. The van der Waals surface area contributed by atoms with Crippen LogP contribution in [0.4, 0.5) is 0 Å². The first-order valence-corrected chi connectivity index (χ1v) is 7.85. The van der Waals surface area contributed by atoms with Crippen molar-refractivity contribution in [2.45, 2.75) is 19.9 Å². The maximum atomic E-state index is 12.6. The summed E-state index contributed by atoms with van der Waals surface area (Å²) in [5.41, 5.74) is 2.75. The molecule has 0 radical (unpaired) electrons. The first-order valence-electron chi connectivity index (χ1n) is 6.68. The molecule has 0 saturated carbocycles. The molecule has 2 nitrogen and oxygen atoms in total. The van der Waals surface area contributed by atoms with Gasteiger partial charge in [-0.25, -0.2) is 0 Å². The molecule has 0 aromatic heterocycles. The van der Waals surface area contributed by atoms with Gasteiger partial charge in [0.15, 0.2) is 0 Å². The fraction of sp³-hybridized carbons (Fsp3) is 0.235. The van der Waals surface area contributed by atoms with E-state index in [2.05, 4.69) is 15.9 Å². The number of aryl methyl sites for hydroxylation is 1. The minimum absolute atomic E-state index is 0.00752. The highest BCUT2D eigenvalue weighted by molar-refractivity contribution is 9.10. The average Bonchev–Trinajstić information content (AvgIpc) is 2.44. The molecule has 1 unspecified atom stereocenters. The molecular formula is C17H17BrClNO. The van der Waals surface area contributed by atoms with Crippen molar-refractivity contribution < 1.29 is 4.79 Å². The molecule has 0 spiro atoms. The van der Waals surface area contributed by atoms with E-state index in [9.17, 15) is 4.79 Å². The molecule has 4 heteroatoms. The van der Waals surface area contributed by atoms with Crippen molar-refractivity contribution in [2.24, 2.45) is 0 Å². The molecule has 0 heterocycles. The van der Waals surface area contributed by atoms with Gasteiger partial charge < -0.3 is 4.90 Å². The van der Waals surface area contributed by atoms with Gasteiger partial charge in [0.25, 0.3) is 5.91 Å². The highest BCUT2D eigenvalue weighted by atomic mass is 79.9. The Balaban J connectivity index is 2.26. The summed E-state index contributed by atoms with van der Waals surface area (Å²) in [6.07, 6.45) is 0. The van der Waals surface area contributed by atoms with Crippen molar-refractivity contribution in [1.29, 1.82) is 0 Å². The summed E-state index contributed by atoms with van der Waals surface area (Å²) in [4.78, 5) is 14.3. The van der Waals surface area contributed by atoms with Crippen LogP contribution in [0, 0.1) is 6.92 Å². The van der Waals surface area contributed by atoms with E-state index in [1.165, 1.54) is 0 Å². The van der Waals surface area contributed by atoms with E-state index < -0.39 is 0 Å². The molecule has 0 fully saturated rings. The predicted octanol–water partition coefficient (Wildman–Crippen LogP) is 5.24. The third kappa shape index (κ3) is 3.86. The number of hydrogen-bond acceptors (Lipinski definition) is 1. The van der Waals surface area contributed by atoms with Crippen molar-refractivity contribution in [3.05, 3.63) is 68.7 Å². The second-order valence-electron chi connectivity index (χ2n) is 5.16. The molecule has 0 aliphatic carbocycles. The summed E-state index contributed by atoms with van der Waals surface area (Å²) in [5, 5.41) is 0.679. The lowest BCUT2D eigenvalue weighted by atomic mass is 10.1. The van der Waals surface area contributed by atoms with Crippen LogP contribution in [0.3, 0.4) is 0 Å². The lowest BCUT2D eigenvalue weighted by Crippen LogP contribution is -2.29. The molecule has 0 aliphatic rings. The number of benzene rings is 2. The van der Waals surface area contributed by atoms with Gasteiger partial charge in [-0.05, 0) is 55.3 Å². The van der Waals surface area contributed by atoms with E-state index in [1.807, 2.05) is 63.4 Å². The number of halogens is 2. The molecule has 1 amide bonds. The summed E-state index contributed by atoms with van der Waals surface area (Å²) in [5.74, 6) is -0.00752. The van der Waals surface area contributed by atoms with Crippen LogP contribution in [0.15, 0.2) is 46.9 Å². The van der Waals surface area contributed by atoms with Gasteiger partial charge in [-0.1, -0.05) is 39.7 Å². The zero-order valence-corrected chi connectivity index (χ0v) is 14.6. The normalized spacial score (nSPS) is 12.0. The van der Waals surface area contributed by atoms with Crippen LogP contribution in [-0.2, 0) is 0 Å².